The lowest BCUT2D eigenvalue weighted by molar-refractivity contribution is -0.121. The summed E-state index contributed by atoms with van der Waals surface area (Å²) in [6, 6.07) is 15.0. The molecule has 1 N–H and O–H groups in total. The summed E-state index contributed by atoms with van der Waals surface area (Å²) in [6.45, 7) is 4.31. The van der Waals surface area contributed by atoms with Gasteiger partial charge in [-0.1, -0.05) is 37.1 Å². The smallest absolute Gasteiger partial charge is 0.239 e. The average Bonchev–Trinajstić information content (AvgIpc) is 3.03. The number of hydrogen-bond acceptors (Lipinski definition) is 3. The Labute approximate surface area is 171 Å². The molecule has 5 heteroatoms. The maximum Gasteiger partial charge on any atom is 0.239 e. The molecule has 152 valence electrons. The molecule has 2 heterocycles. The van der Waals surface area contributed by atoms with Crippen LogP contribution in [0.3, 0.4) is 0 Å². The summed E-state index contributed by atoms with van der Waals surface area (Å²) in [6.07, 6.45) is 6.23. The zero-order valence-corrected chi connectivity index (χ0v) is 16.9. The molecule has 0 atom stereocenters. The van der Waals surface area contributed by atoms with Crippen molar-refractivity contribution in [2.24, 2.45) is 0 Å². The van der Waals surface area contributed by atoms with Gasteiger partial charge in [0.1, 0.15) is 6.54 Å². The number of carbonyl (C=O) groups is 1. The molecule has 1 aliphatic rings. The van der Waals surface area contributed by atoms with Crippen molar-refractivity contribution in [2.45, 2.75) is 38.6 Å². The lowest BCUT2D eigenvalue weighted by atomic mass is 10.1. The molecular formula is C24H29N3O2. The number of para-hydroxylation sites is 2. The molecule has 1 saturated heterocycles. The van der Waals surface area contributed by atoms with Gasteiger partial charge in [0, 0.05) is 17.3 Å². The van der Waals surface area contributed by atoms with Crippen LogP contribution < -0.4 is 10.7 Å². The van der Waals surface area contributed by atoms with Crippen molar-refractivity contribution < 1.29 is 4.79 Å². The second-order valence-electron chi connectivity index (χ2n) is 7.91. The van der Waals surface area contributed by atoms with E-state index in [2.05, 4.69) is 10.2 Å². The van der Waals surface area contributed by atoms with Gasteiger partial charge in [0.2, 0.25) is 5.91 Å². The molecule has 2 aromatic carbocycles. The number of amides is 1. The lowest BCUT2D eigenvalue weighted by Crippen LogP contribution is -2.32. The molecule has 5 nitrogen and oxygen atoms in total. The van der Waals surface area contributed by atoms with Gasteiger partial charge in [-0.25, -0.2) is 0 Å². The second kappa shape index (κ2) is 9.23. The highest BCUT2D eigenvalue weighted by atomic mass is 16.2. The molecule has 1 aromatic heterocycles. The fraction of sp³-hybridized carbons (Fsp3) is 0.417. The SMILES string of the molecule is O=C(Cn1c2ccccc2c(=O)c2ccccc21)NCCCN1CCCCCC1. The zero-order chi connectivity index (χ0) is 20.1. The number of nitrogens with one attached hydrogen (secondary N) is 1. The maximum absolute atomic E-state index is 12.8. The van der Waals surface area contributed by atoms with Gasteiger partial charge in [-0.15, -0.1) is 0 Å². The van der Waals surface area contributed by atoms with Crippen LogP contribution in [0, 0.1) is 0 Å². The topological polar surface area (TPSA) is 54.3 Å². The second-order valence-corrected chi connectivity index (χ2v) is 7.91. The van der Waals surface area contributed by atoms with Crippen molar-refractivity contribution in [3.8, 4) is 0 Å². The Bertz CT molecular complexity index is 989. The lowest BCUT2D eigenvalue weighted by Gasteiger charge is -2.19. The highest BCUT2D eigenvalue weighted by molar-refractivity contribution is 5.94. The molecule has 29 heavy (non-hydrogen) atoms. The number of likely N-dealkylation sites (tertiary alicyclic amines) is 1. The Hall–Kier alpha value is -2.66. The molecule has 0 bridgehead atoms. The number of aromatic nitrogens is 1. The van der Waals surface area contributed by atoms with Crippen LogP contribution in [0.4, 0.5) is 0 Å². The molecule has 4 rings (SSSR count). The van der Waals surface area contributed by atoms with Crippen LogP contribution in [0.2, 0.25) is 0 Å². The third-order valence-electron chi connectivity index (χ3n) is 5.85. The highest BCUT2D eigenvalue weighted by Crippen LogP contribution is 2.19. The van der Waals surface area contributed by atoms with Crippen molar-refractivity contribution in [1.29, 1.82) is 0 Å². The van der Waals surface area contributed by atoms with Crippen molar-refractivity contribution in [2.75, 3.05) is 26.2 Å². The van der Waals surface area contributed by atoms with Crippen LogP contribution in [0.25, 0.3) is 21.8 Å². The normalized spacial score (nSPS) is 15.4. The van der Waals surface area contributed by atoms with E-state index >= 15 is 0 Å². The van der Waals surface area contributed by atoms with E-state index in [1.165, 1.54) is 38.8 Å². The first-order valence-electron chi connectivity index (χ1n) is 10.7. The molecule has 0 radical (unpaired) electrons. The summed E-state index contributed by atoms with van der Waals surface area (Å²) < 4.78 is 1.95. The Morgan fingerprint density at radius 3 is 2.07 bits per heavy atom. The number of pyridine rings is 1. The molecule has 1 amide bonds. The van der Waals surface area contributed by atoms with Crippen LogP contribution in [0.1, 0.15) is 32.1 Å². The summed E-state index contributed by atoms with van der Waals surface area (Å²) in [4.78, 5) is 28.0. The first-order valence-corrected chi connectivity index (χ1v) is 10.7. The van der Waals surface area contributed by atoms with Crippen molar-refractivity contribution in [1.82, 2.24) is 14.8 Å². The summed E-state index contributed by atoms with van der Waals surface area (Å²) in [5.74, 6) is -0.0141. The number of nitrogens with zero attached hydrogens (tertiary/aromatic N) is 2. The van der Waals surface area contributed by atoms with Gasteiger partial charge in [-0.3, -0.25) is 9.59 Å². The van der Waals surface area contributed by atoms with E-state index in [0.717, 1.165) is 24.0 Å². The Morgan fingerprint density at radius 1 is 0.862 bits per heavy atom. The minimum absolute atomic E-state index is 0.0141. The fourth-order valence-electron chi connectivity index (χ4n) is 4.34. The van der Waals surface area contributed by atoms with E-state index in [-0.39, 0.29) is 17.9 Å². The first kappa shape index (κ1) is 19.6. The molecule has 3 aromatic rings. The van der Waals surface area contributed by atoms with Gasteiger partial charge >= 0.3 is 0 Å². The molecule has 0 saturated carbocycles. The van der Waals surface area contributed by atoms with E-state index in [4.69, 9.17) is 0 Å². The predicted molar refractivity (Wildman–Crippen MR) is 118 cm³/mol. The van der Waals surface area contributed by atoms with Gasteiger partial charge in [-0.2, -0.15) is 0 Å². The van der Waals surface area contributed by atoms with Crippen LogP contribution in [-0.2, 0) is 11.3 Å². The number of fused-ring (bicyclic) bond motifs is 2. The van der Waals surface area contributed by atoms with Crippen LogP contribution >= 0.6 is 0 Å². The molecule has 0 spiro atoms. The van der Waals surface area contributed by atoms with Gasteiger partial charge < -0.3 is 14.8 Å². The Kier molecular flexibility index (Phi) is 6.25. The van der Waals surface area contributed by atoms with E-state index < -0.39 is 0 Å². The van der Waals surface area contributed by atoms with Crippen LogP contribution in [0.5, 0.6) is 0 Å². The van der Waals surface area contributed by atoms with Crippen molar-refractivity contribution in [3.63, 3.8) is 0 Å². The first-order chi connectivity index (χ1) is 14.2. The minimum atomic E-state index is -0.0141. The number of rotatable bonds is 6. The maximum atomic E-state index is 12.8. The van der Waals surface area contributed by atoms with Gasteiger partial charge in [0.25, 0.3) is 0 Å². The molecular weight excluding hydrogens is 362 g/mol. The summed E-state index contributed by atoms with van der Waals surface area (Å²) >= 11 is 0. The average molecular weight is 392 g/mol. The van der Waals surface area contributed by atoms with E-state index in [1.54, 1.807) is 0 Å². The standard InChI is InChI=1S/C24H29N3O2/c28-23(25-14-9-17-26-15-7-1-2-8-16-26)18-27-21-12-5-3-10-19(21)24(29)20-11-4-6-13-22(20)27/h3-6,10-13H,1-2,7-9,14-18H2,(H,25,28). The summed E-state index contributed by atoms with van der Waals surface area (Å²) in [7, 11) is 0. The third-order valence-corrected chi connectivity index (χ3v) is 5.85. The minimum Gasteiger partial charge on any atom is -0.355 e. The van der Waals surface area contributed by atoms with Crippen molar-refractivity contribution >= 4 is 27.7 Å². The van der Waals surface area contributed by atoms with Crippen LogP contribution in [0.15, 0.2) is 53.3 Å². The largest absolute Gasteiger partial charge is 0.355 e. The number of carbonyl (C=O) groups excluding carboxylic acids is 1. The van der Waals surface area contributed by atoms with E-state index in [0.29, 0.717) is 17.3 Å². The molecule has 1 fully saturated rings. The Balaban J connectivity index is 1.45. The Morgan fingerprint density at radius 2 is 1.45 bits per heavy atom. The summed E-state index contributed by atoms with van der Waals surface area (Å²) in [5, 5.41) is 4.37. The van der Waals surface area contributed by atoms with Crippen molar-refractivity contribution in [3.05, 3.63) is 58.8 Å². The predicted octanol–water partition coefficient (Wildman–Crippen LogP) is 3.54. The third kappa shape index (κ3) is 4.51. The highest BCUT2D eigenvalue weighted by Gasteiger charge is 2.13. The monoisotopic (exact) mass is 391 g/mol. The number of benzene rings is 2. The number of hydrogen-bond donors (Lipinski definition) is 1. The van der Waals surface area contributed by atoms with Gasteiger partial charge in [-0.05, 0) is 63.2 Å². The van der Waals surface area contributed by atoms with Crippen LogP contribution in [-0.4, -0.2) is 41.6 Å². The quantitative estimate of drug-likeness (QED) is 0.517. The molecule has 0 aliphatic carbocycles. The zero-order valence-electron chi connectivity index (χ0n) is 16.9. The molecule has 0 unspecified atom stereocenters. The van der Waals surface area contributed by atoms with E-state index in [9.17, 15) is 9.59 Å². The molecule has 1 aliphatic heterocycles. The van der Waals surface area contributed by atoms with Gasteiger partial charge in [0.05, 0.1) is 11.0 Å². The van der Waals surface area contributed by atoms with E-state index in [1.807, 2.05) is 53.1 Å². The van der Waals surface area contributed by atoms with Gasteiger partial charge in [0.15, 0.2) is 5.43 Å². The summed E-state index contributed by atoms with van der Waals surface area (Å²) in [5.41, 5.74) is 1.62. The fourth-order valence-corrected chi connectivity index (χ4v) is 4.34.